The van der Waals surface area contributed by atoms with Crippen LogP contribution in [-0.4, -0.2) is 17.5 Å². The third kappa shape index (κ3) is 3.67. The molecule has 0 aliphatic carbocycles. The quantitative estimate of drug-likeness (QED) is 0.708. The van der Waals surface area contributed by atoms with Crippen molar-refractivity contribution in [2.75, 3.05) is 0 Å². The van der Waals surface area contributed by atoms with Crippen molar-refractivity contribution in [2.45, 2.75) is 12.5 Å². The smallest absolute Gasteiger partial charge is 0.148 e. The molecular formula is C11H12O2. The van der Waals surface area contributed by atoms with Gasteiger partial charge in [0.25, 0.3) is 0 Å². The second-order valence-corrected chi connectivity index (χ2v) is 2.75. The molecule has 0 saturated carbocycles. The number of aliphatic hydroxyl groups is 1. The van der Waals surface area contributed by atoms with Gasteiger partial charge in [-0.3, -0.25) is 0 Å². The Morgan fingerprint density at radius 3 is 2.62 bits per heavy atom. The van der Waals surface area contributed by atoms with Crippen LogP contribution in [0, 0.1) is 0 Å². The summed E-state index contributed by atoms with van der Waals surface area (Å²) in [4.78, 5) is 10.1. The van der Waals surface area contributed by atoms with Crippen molar-refractivity contribution in [2.24, 2.45) is 0 Å². The fraction of sp³-hybridized carbons (Fsp3) is 0.182. The Hall–Kier alpha value is -1.41. The van der Waals surface area contributed by atoms with Crippen LogP contribution >= 0.6 is 0 Å². The summed E-state index contributed by atoms with van der Waals surface area (Å²) in [6, 6.07) is 9.75. The summed E-state index contributed by atoms with van der Waals surface area (Å²) < 4.78 is 0. The van der Waals surface area contributed by atoms with Gasteiger partial charge in [0, 0.05) is 0 Å². The Kier molecular flexibility index (Phi) is 3.93. The molecule has 2 nitrogen and oxygen atoms in total. The Labute approximate surface area is 77.5 Å². The molecule has 0 aliphatic rings. The SMILES string of the molecule is O=CC(O)C/C=C/c1ccccc1. The zero-order valence-electron chi connectivity index (χ0n) is 7.26. The Morgan fingerprint density at radius 2 is 2.00 bits per heavy atom. The molecule has 1 aromatic rings. The molecular weight excluding hydrogens is 164 g/mol. The number of carbonyl (C=O) groups excluding carboxylic acids is 1. The van der Waals surface area contributed by atoms with Crippen LogP contribution in [0.1, 0.15) is 12.0 Å². The summed E-state index contributed by atoms with van der Waals surface area (Å²) in [5.41, 5.74) is 1.07. The van der Waals surface area contributed by atoms with Crippen LogP contribution in [0.2, 0.25) is 0 Å². The van der Waals surface area contributed by atoms with E-state index in [1.165, 1.54) is 0 Å². The lowest BCUT2D eigenvalue weighted by Crippen LogP contribution is -2.04. The van der Waals surface area contributed by atoms with E-state index in [-0.39, 0.29) is 0 Å². The molecule has 0 aromatic heterocycles. The van der Waals surface area contributed by atoms with E-state index < -0.39 is 6.10 Å². The largest absolute Gasteiger partial charge is 0.385 e. The van der Waals surface area contributed by atoms with E-state index in [9.17, 15) is 4.79 Å². The maximum atomic E-state index is 10.1. The molecule has 0 aliphatic heterocycles. The van der Waals surface area contributed by atoms with E-state index >= 15 is 0 Å². The summed E-state index contributed by atoms with van der Waals surface area (Å²) >= 11 is 0. The molecule has 0 saturated heterocycles. The highest BCUT2D eigenvalue weighted by molar-refractivity contribution is 5.57. The van der Waals surface area contributed by atoms with E-state index in [1.54, 1.807) is 6.08 Å². The molecule has 13 heavy (non-hydrogen) atoms. The van der Waals surface area contributed by atoms with E-state index in [1.807, 2.05) is 36.4 Å². The second-order valence-electron chi connectivity index (χ2n) is 2.75. The summed E-state index contributed by atoms with van der Waals surface area (Å²) in [6.45, 7) is 0. The number of carbonyl (C=O) groups is 1. The second kappa shape index (κ2) is 5.27. The topological polar surface area (TPSA) is 37.3 Å². The van der Waals surface area contributed by atoms with Crippen LogP contribution in [0.4, 0.5) is 0 Å². The highest BCUT2D eigenvalue weighted by atomic mass is 16.3. The van der Waals surface area contributed by atoms with Crippen molar-refractivity contribution >= 4 is 12.4 Å². The first kappa shape index (κ1) is 9.68. The molecule has 1 rings (SSSR count). The van der Waals surface area contributed by atoms with E-state index in [4.69, 9.17) is 5.11 Å². The van der Waals surface area contributed by atoms with Crippen molar-refractivity contribution in [3.8, 4) is 0 Å². The molecule has 0 heterocycles. The van der Waals surface area contributed by atoms with Gasteiger partial charge in [-0.15, -0.1) is 0 Å². The number of hydrogen-bond acceptors (Lipinski definition) is 2. The number of aliphatic hydroxyl groups excluding tert-OH is 1. The highest BCUT2D eigenvalue weighted by Gasteiger charge is 1.95. The first-order chi connectivity index (χ1) is 6.33. The third-order valence-electron chi connectivity index (χ3n) is 1.64. The first-order valence-electron chi connectivity index (χ1n) is 4.18. The van der Waals surface area contributed by atoms with Gasteiger partial charge in [0.05, 0.1) is 0 Å². The normalized spacial score (nSPS) is 13.0. The van der Waals surface area contributed by atoms with Crippen molar-refractivity contribution in [3.05, 3.63) is 42.0 Å². The molecule has 0 bridgehead atoms. The van der Waals surface area contributed by atoms with Crippen molar-refractivity contribution in [3.63, 3.8) is 0 Å². The minimum absolute atomic E-state index is 0.373. The fourth-order valence-electron chi connectivity index (χ4n) is 0.963. The summed E-state index contributed by atoms with van der Waals surface area (Å²) in [5.74, 6) is 0. The maximum absolute atomic E-state index is 10.1. The molecule has 0 fully saturated rings. The van der Waals surface area contributed by atoms with Crippen LogP contribution in [-0.2, 0) is 4.79 Å². The predicted octanol–water partition coefficient (Wildman–Crippen LogP) is 1.65. The standard InChI is InChI=1S/C11H12O2/c12-9-11(13)8-4-7-10-5-2-1-3-6-10/h1-7,9,11,13H,8H2/b7-4+. The zero-order chi connectivity index (χ0) is 9.52. The van der Waals surface area contributed by atoms with Gasteiger partial charge in [0.15, 0.2) is 0 Å². The average molecular weight is 176 g/mol. The fourth-order valence-corrected chi connectivity index (χ4v) is 0.963. The molecule has 68 valence electrons. The molecule has 1 unspecified atom stereocenters. The van der Waals surface area contributed by atoms with Gasteiger partial charge >= 0.3 is 0 Å². The van der Waals surface area contributed by atoms with Gasteiger partial charge in [-0.05, 0) is 12.0 Å². The lowest BCUT2D eigenvalue weighted by molar-refractivity contribution is -0.114. The molecule has 0 spiro atoms. The zero-order valence-corrected chi connectivity index (χ0v) is 7.26. The number of aldehydes is 1. The van der Waals surface area contributed by atoms with Gasteiger partial charge in [-0.2, -0.15) is 0 Å². The van der Waals surface area contributed by atoms with Crippen LogP contribution in [0.15, 0.2) is 36.4 Å². The minimum Gasteiger partial charge on any atom is -0.385 e. The third-order valence-corrected chi connectivity index (χ3v) is 1.64. The monoisotopic (exact) mass is 176 g/mol. The van der Waals surface area contributed by atoms with Crippen molar-refractivity contribution < 1.29 is 9.90 Å². The molecule has 1 atom stereocenters. The van der Waals surface area contributed by atoms with Crippen LogP contribution < -0.4 is 0 Å². The Bertz CT molecular complexity index is 277. The molecule has 0 amide bonds. The van der Waals surface area contributed by atoms with Crippen LogP contribution in [0.3, 0.4) is 0 Å². The van der Waals surface area contributed by atoms with E-state index in [0.717, 1.165) is 5.56 Å². The minimum atomic E-state index is -0.875. The number of rotatable bonds is 4. The summed E-state index contributed by atoms with van der Waals surface area (Å²) in [6.07, 6.45) is 3.70. The van der Waals surface area contributed by atoms with Gasteiger partial charge in [0.1, 0.15) is 12.4 Å². The van der Waals surface area contributed by atoms with Gasteiger partial charge < -0.3 is 9.90 Å². The lowest BCUT2D eigenvalue weighted by Gasteiger charge is -1.95. The average Bonchev–Trinajstić information content (AvgIpc) is 2.19. The van der Waals surface area contributed by atoms with Crippen molar-refractivity contribution in [1.82, 2.24) is 0 Å². The van der Waals surface area contributed by atoms with Crippen LogP contribution in [0.25, 0.3) is 6.08 Å². The number of hydrogen-bond donors (Lipinski definition) is 1. The molecule has 1 aromatic carbocycles. The summed E-state index contributed by atoms with van der Waals surface area (Å²) in [7, 11) is 0. The molecule has 2 heteroatoms. The Morgan fingerprint density at radius 1 is 1.31 bits per heavy atom. The highest BCUT2D eigenvalue weighted by Crippen LogP contribution is 2.02. The van der Waals surface area contributed by atoms with Gasteiger partial charge in [-0.25, -0.2) is 0 Å². The van der Waals surface area contributed by atoms with Crippen LogP contribution in [0.5, 0.6) is 0 Å². The molecule has 0 radical (unpaired) electrons. The summed E-state index contributed by atoms with van der Waals surface area (Å²) in [5, 5.41) is 8.92. The maximum Gasteiger partial charge on any atom is 0.148 e. The van der Waals surface area contributed by atoms with E-state index in [2.05, 4.69) is 0 Å². The predicted molar refractivity (Wildman–Crippen MR) is 52.2 cm³/mol. The van der Waals surface area contributed by atoms with Gasteiger partial charge in [-0.1, -0.05) is 42.5 Å². The van der Waals surface area contributed by atoms with Gasteiger partial charge in [0.2, 0.25) is 0 Å². The lowest BCUT2D eigenvalue weighted by atomic mass is 10.2. The Balaban J connectivity index is 2.45. The molecule has 1 N–H and O–H groups in total. The first-order valence-corrected chi connectivity index (χ1v) is 4.18. The number of benzene rings is 1. The van der Waals surface area contributed by atoms with E-state index in [0.29, 0.717) is 12.7 Å². The van der Waals surface area contributed by atoms with Crippen molar-refractivity contribution in [1.29, 1.82) is 0 Å².